The maximum Gasteiger partial charge on any atom is 0.164 e. The van der Waals surface area contributed by atoms with Crippen molar-refractivity contribution < 1.29 is 9.47 Å². The van der Waals surface area contributed by atoms with E-state index in [0.29, 0.717) is 13.2 Å². The molecule has 0 atom stereocenters. The van der Waals surface area contributed by atoms with Crippen LogP contribution in [-0.4, -0.2) is 26.8 Å². The fraction of sp³-hybridized carbons (Fsp3) is 0.538. The molecule has 94 valence electrons. The molecule has 0 saturated carbocycles. The van der Waals surface area contributed by atoms with E-state index in [1.54, 1.807) is 0 Å². The second-order valence-corrected chi connectivity index (χ2v) is 4.90. The Morgan fingerprint density at radius 3 is 2.76 bits per heavy atom. The van der Waals surface area contributed by atoms with Gasteiger partial charge in [0.05, 0.1) is 0 Å². The number of rotatable bonds is 4. The maximum atomic E-state index is 5.75. The summed E-state index contributed by atoms with van der Waals surface area (Å²) < 4.78 is 12.5. The predicted molar refractivity (Wildman–Crippen MR) is 72.1 cm³/mol. The first kappa shape index (κ1) is 12.7. The third-order valence-electron chi connectivity index (χ3n) is 2.97. The van der Waals surface area contributed by atoms with Crippen LogP contribution in [0, 0.1) is 0 Å². The molecule has 0 aromatic heterocycles. The van der Waals surface area contributed by atoms with Gasteiger partial charge in [-0.1, -0.05) is 22.9 Å². The monoisotopic (exact) mass is 299 g/mol. The van der Waals surface area contributed by atoms with Gasteiger partial charge in [0.1, 0.15) is 13.2 Å². The largest absolute Gasteiger partial charge is 0.486 e. The van der Waals surface area contributed by atoms with E-state index >= 15 is 0 Å². The van der Waals surface area contributed by atoms with Gasteiger partial charge in [-0.15, -0.1) is 0 Å². The molecule has 1 aliphatic rings. The zero-order valence-electron chi connectivity index (χ0n) is 10.3. The molecule has 0 saturated heterocycles. The van der Waals surface area contributed by atoms with Gasteiger partial charge in [-0.25, -0.2) is 0 Å². The van der Waals surface area contributed by atoms with Crippen LogP contribution in [0.3, 0.4) is 0 Å². The molecule has 0 fully saturated rings. The van der Waals surface area contributed by atoms with Crippen molar-refractivity contribution in [2.24, 2.45) is 0 Å². The first-order chi connectivity index (χ1) is 8.27. The molecule has 3 nitrogen and oxygen atoms in total. The molecule has 0 bridgehead atoms. The van der Waals surface area contributed by atoms with Crippen LogP contribution in [0.5, 0.6) is 11.5 Å². The van der Waals surface area contributed by atoms with Crippen LogP contribution in [0.2, 0.25) is 0 Å². The van der Waals surface area contributed by atoms with Crippen LogP contribution in [0.1, 0.15) is 18.1 Å². The lowest BCUT2D eigenvalue weighted by molar-refractivity contribution is 0.169. The van der Waals surface area contributed by atoms with Crippen LogP contribution in [0.15, 0.2) is 10.5 Å². The third-order valence-corrected chi connectivity index (χ3v) is 3.68. The van der Waals surface area contributed by atoms with E-state index < -0.39 is 0 Å². The zero-order chi connectivity index (χ0) is 12.3. The van der Waals surface area contributed by atoms with Gasteiger partial charge in [-0.2, -0.15) is 0 Å². The van der Waals surface area contributed by atoms with Crippen molar-refractivity contribution in [3.63, 3.8) is 0 Å². The minimum Gasteiger partial charge on any atom is -0.486 e. The number of hydrogen-bond donors (Lipinski definition) is 1. The Kier molecular flexibility index (Phi) is 4.29. The maximum absolute atomic E-state index is 5.75. The van der Waals surface area contributed by atoms with Crippen molar-refractivity contribution in [1.29, 1.82) is 0 Å². The van der Waals surface area contributed by atoms with Crippen molar-refractivity contribution in [1.82, 2.24) is 5.32 Å². The van der Waals surface area contributed by atoms with Gasteiger partial charge in [-0.3, -0.25) is 0 Å². The van der Waals surface area contributed by atoms with Crippen molar-refractivity contribution in [3.05, 3.63) is 21.7 Å². The Balaban J connectivity index is 2.43. The second kappa shape index (κ2) is 5.74. The summed E-state index contributed by atoms with van der Waals surface area (Å²) in [7, 11) is 1.97. The smallest absolute Gasteiger partial charge is 0.164 e. The summed E-state index contributed by atoms with van der Waals surface area (Å²) in [6.45, 7) is 4.40. The number of hydrogen-bond acceptors (Lipinski definition) is 3. The summed E-state index contributed by atoms with van der Waals surface area (Å²) in [5, 5.41) is 3.18. The van der Waals surface area contributed by atoms with E-state index in [4.69, 9.17) is 9.47 Å². The molecule has 0 amide bonds. The van der Waals surface area contributed by atoms with E-state index in [1.807, 2.05) is 13.1 Å². The highest BCUT2D eigenvalue weighted by Gasteiger charge is 2.20. The highest BCUT2D eigenvalue weighted by Crippen LogP contribution is 2.40. The van der Waals surface area contributed by atoms with Gasteiger partial charge in [0.25, 0.3) is 0 Å². The number of likely N-dealkylation sites (N-methyl/N-ethyl adjacent to an activating group) is 1. The third kappa shape index (κ3) is 2.58. The standard InChI is InChI=1S/C13H18BrNO2/c1-3-9-10(4-5-15-2)11(14)8-12-13(9)17-7-6-16-12/h8,15H,3-7H2,1-2H3. The minimum absolute atomic E-state index is 0.637. The number of nitrogens with one attached hydrogen (secondary N) is 1. The fourth-order valence-corrected chi connectivity index (χ4v) is 2.80. The Bertz CT molecular complexity index is 407. The lowest BCUT2D eigenvalue weighted by Gasteiger charge is -2.24. The molecule has 0 unspecified atom stereocenters. The van der Waals surface area contributed by atoms with E-state index in [1.165, 1.54) is 11.1 Å². The van der Waals surface area contributed by atoms with Crippen LogP contribution >= 0.6 is 15.9 Å². The van der Waals surface area contributed by atoms with Crippen molar-refractivity contribution in [3.8, 4) is 11.5 Å². The summed E-state index contributed by atoms with van der Waals surface area (Å²) >= 11 is 3.63. The molecule has 4 heteroatoms. The van der Waals surface area contributed by atoms with Crippen LogP contribution in [0.25, 0.3) is 0 Å². The Labute approximate surface area is 111 Å². The van der Waals surface area contributed by atoms with Crippen molar-refractivity contribution in [2.45, 2.75) is 19.8 Å². The van der Waals surface area contributed by atoms with Crippen LogP contribution < -0.4 is 14.8 Å². The van der Waals surface area contributed by atoms with Crippen molar-refractivity contribution in [2.75, 3.05) is 26.8 Å². The molecule has 17 heavy (non-hydrogen) atoms. The molecule has 2 rings (SSSR count). The van der Waals surface area contributed by atoms with Gasteiger partial charge in [-0.05, 0) is 38.1 Å². The van der Waals surface area contributed by atoms with Crippen LogP contribution in [0.4, 0.5) is 0 Å². The Morgan fingerprint density at radius 2 is 2.06 bits per heavy atom. The van der Waals surface area contributed by atoms with E-state index in [0.717, 1.165) is 35.4 Å². The van der Waals surface area contributed by atoms with E-state index in [-0.39, 0.29) is 0 Å². The fourth-order valence-electron chi connectivity index (χ4n) is 2.15. The topological polar surface area (TPSA) is 30.5 Å². The number of benzene rings is 1. The molecule has 1 aliphatic heterocycles. The Morgan fingerprint density at radius 1 is 1.29 bits per heavy atom. The lowest BCUT2D eigenvalue weighted by atomic mass is 10.00. The highest BCUT2D eigenvalue weighted by atomic mass is 79.9. The van der Waals surface area contributed by atoms with Gasteiger partial charge in [0.15, 0.2) is 11.5 Å². The molecule has 0 radical (unpaired) electrons. The van der Waals surface area contributed by atoms with Crippen molar-refractivity contribution >= 4 is 15.9 Å². The molecular formula is C13H18BrNO2. The lowest BCUT2D eigenvalue weighted by Crippen LogP contribution is -2.18. The molecular weight excluding hydrogens is 282 g/mol. The first-order valence-electron chi connectivity index (χ1n) is 6.02. The van der Waals surface area contributed by atoms with Gasteiger partial charge < -0.3 is 14.8 Å². The summed E-state index contributed by atoms with van der Waals surface area (Å²) in [6.07, 6.45) is 1.96. The van der Waals surface area contributed by atoms with Gasteiger partial charge in [0.2, 0.25) is 0 Å². The van der Waals surface area contributed by atoms with Gasteiger partial charge >= 0.3 is 0 Å². The molecule has 1 heterocycles. The molecule has 1 aromatic carbocycles. The Hall–Kier alpha value is -0.740. The quantitative estimate of drug-likeness (QED) is 0.927. The number of fused-ring (bicyclic) bond motifs is 1. The van der Waals surface area contributed by atoms with Gasteiger partial charge in [0, 0.05) is 10.0 Å². The second-order valence-electron chi connectivity index (χ2n) is 4.05. The van der Waals surface area contributed by atoms with Crippen LogP contribution in [-0.2, 0) is 12.8 Å². The molecule has 0 aliphatic carbocycles. The highest BCUT2D eigenvalue weighted by molar-refractivity contribution is 9.10. The summed E-state index contributed by atoms with van der Waals surface area (Å²) in [5.74, 6) is 1.81. The summed E-state index contributed by atoms with van der Waals surface area (Å²) in [6, 6.07) is 2.03. The number of halogens is 1. The first-order valence-corrected chi connectivity index (χ1v) is 6.81. The van der Waals surface area contributed by atoms with E-state index in [9.17, 15) is 0 Å². The molecule has 1 N–H and O–H groups in total. The zero-order valence-corrected chi connectivity index (χ0v) is 11.9. The predicted octanol–water partition coefficient (Wildman–Crippen LogP) is 2.54. The molecule has 0 spiro atoms. The average molecular weight is 300 g/mol. The normalized spacial score (nSPS) is 13.8. The minimum atomic E-state index is 0.637. The molecule has 1 aromatic rings. The summed E-state index contributed by atoms with van der Waals surface area (Å²) in [4.78, 5) is 0. The SMILES string of the molecule is CCc1c(CCNC)c(Br)cc2c1OCCO2. The van der Waals surface area contributed by atoms with E-state index in [2.05, 4.69) is 28.2 Å². The number of ether oxygens (including phenoxy) is 2. The average Bonchev–Trinajstić information content (AvgIpc) is 2.35. The summed E-state index contributed by atoms with van der Waals surface area (Å²) in [5.41, 5.74) is 2.59.